The number of benzene rings is 1. The van der Waals surface area contributed by atoms with Crippen molar-refractivity contribution in [3.05, 3.63) is 29.8 Å². The van der Waals surface area contributed by atoms with Gasteiger partial charge in [0.05, 0.1) is 19.8 Å². The quantitative estimate of drug-likeness (QED) is 0.564. The van der Waals surface area contributed by atoms with Crippen molar-refractivity contribution in [1.29, 1.82) is 0 Å². The SMILES string of the molecule is COCCOCCCOCCCOc1ccccc1CN. The molecular weight excluding hydrogens is 270 g/mol. The molecule has 0 amide bonds. The Morgan fingerprint density at radius 3 is 2.24 bits per heavy atom. The Bertz CT molecular complexity index is 360. The molecule has 1 rings (SSSR count). The average molecular weight is 297 g/mol. The Kier molecular flexibility index (Phi) is 10.7. The number of nitrogens with two attached hydrogens (primary N) is 1. The second kappa shape index (κ2) is 12.6. The second-order valence-corrected chi connectivity index (χ2v) is 4.58. The van der Waals surface area contributed by atoms with E-state index in [-0.39, 0.29) is 0 Å². The van der Waals surface area contributed by atoms with E-state index in [0.717, 1.165) is 24.2 Å². The first-order chi connectivity index (χ1) is 10.4. The standard InChI is InChI=1S/C16H27NO4/c1-18-12-13-20-9-4-8-19-10-5-11-21-16-7-3-2-6-15(16)14-17/h2-3,6-7H,4-5,8-14,17H2,1H3. The van der Waals surface area contributed by atoms with Gasteiger partial charge in [-0.3, -0.25) is 0 Å². The summed E-state index contributed by atoms with van der Waals surface area (Å²) in [7, 11) is 1.67. The van der Waals surface area contributed by atoms with Gasteiger partial charge in [0.25, 0.3) is 0 Å². The van der Waals surface area contributed by atoms with E-state index in [2.05, 4.69) is 0 Å². The normalized spacial score (nSPS) is 10.8. The average Bonchev–Trinajstić information content (AvgIpc) is 2.53. The van der Waals surface area contributed by atoms with Crippen molar-refractivity contribution >= 4 is 0 Å². The van der Waals surface area contributed by atoms with Crippen LogP contribution in [0.25, 0.3) is 0 Å². The zero-order valence-corrected chi connectivity index (χ0v) is 12.9. The van der Waals surface area contributed by atoms with Gasteiger partial charge < -0.3 is 24.7 Å². The van der Waals surface area contributed by atoms with Gasteiger partial charge in [-0.05, 0) is 12.5 Å². The van der Waals surface area contributed by atoms with Crippen LogP contribution in [0, 0.1) is 0 Å². The van der Waals surface area contributed by atoms with Crippen LogP contribution in [0.4, 0.5) is 0 Å². The van der Waals surface area contributed by atoms with E-state index in [9.17, 15) is 0 Å². The van der Waals surface area contributed by atoms with E-state index in [0.29, 0.717) is 46.2 Å². The zero-order valence-electron chi connectivity index (χ0n) is 12.9. The van der Waals surface area contributed by atoms with Gasteiger partial charge in [-0.15, -0.1) is 0 Å². The van der Waals surface area contributed by atoms with Crippen molar-refractivity contribution in [2.75, 3.05) is 46.8 Å². The number of methoxy groups -OCH3 is 1. The maximum absolute atomic E-state index is 5.70. The van der Waals surface area contributed by atoms with E-state index in [1.807, 2.05) is 24.3 Å². The number of rotatable bonds is 13. The van der Waals surface area contributed by atoms with Gasteiger partial charge in [0.2, 0.25) is 0 Å². The Morgan fingerprint density at radius 1 is 0.857 bits per heavy atom. The molecule has 2 N–H and O–H groups in total. The smallest absolute Gasteiger partial charge is 0.123 e. The fourth-order valence-corrected chi connectivity index (χ4v) is 1.77. The van der Waals surface area contributed by atoms with Crippen molar-refractivity contribution in [2.45, 2.75) is 19.4 Å². The third-order valence-electron chi connectivity index (χ3n) is 2.89. The summed E-state index contributed by atoms with van der Waals surface area (Å²) in [6, 6.07) is 7.84. The Hall–Kier alpha value is -1.14. The molecule has 0 saturated carbocycles. The maximum Gasteiger partial charge on any atom is 0.123 e. The molecule has 0 atom stereocenters. The molecule has 0 bridgehead atoms. The molecule has 0 saturated heterocycles. The highest BCUT2D eigenvalue weighted by Crippen LogP contribution is 2.16. The minimum absolute atomic E-state index is 0.496. The molecule has 120 valence electrons. The van der Waals surface area contributed by atoms with Crippen molar-refractivity contribution < 1.29 is 18.9 Å². The molecule has 0 radical (unpaired) electrons. The van der Waals surface area contributed by atoms with Crippen LogP contribution in [0.1, 0.15) is 18.4 Å². The lowest BCUT2D eigenvalue weighted by Gasteiger charge is -2.10. The molecule has 0 aliphatic rings. The highest BCUT2D eigenvalue weighted by Gasteiger charge is 2.00. The molecular formula is C16H27NO4. The number of hydrogen-bond acceptors (Lipinski definition) is 5. The molecule has 21 heavy (non-hydrogen) atoms. The van der Waals surface area contributed by atoms with Gasteiger partial charge in [0, 0.05) is 45.5 Å². The van der Waals surface area contributed by atoms with Crippen LogP contribution < -0.4 is 10.5 Å². The van der Waals surface area contributed by atoms with Gasteiger partial charge in [-0.1, -0.05) is 18.2 Å². The van der Waals surface area contributed by atoms with E-state index < -0.39 is 0 Å². The van der Waals surface area contributed by atoms with Gasteiger partial charge >= 0.3 is 0 Å². The lowest BCUT2D eigenvalue weighted by atomic mass is 10.2. The van der Waals surface area contributed by atoms with E-state index in [4.69, 9.17) is 24.7 Å². The van der Waals surface area contributed by atoms with Gasteiger partial charge in [0.1, 0.15) is 5.75 Å². The summed E-state index contributed by atoms with van der Waals surface area (Å²) < 4.78 is 21.5. The highest BCUT2D eigenvalue weighted by molar-refractivity contribution is 5.32. The lowest BCUT2D eigenvalue weighted by molar-refractivity contribution is 0.0496. The monoisotopic (exact) mass is 297 g/mol. The second-order valence-electron chi connectivity index (χ2n) is 4.58. The molecule has 5 heteroatoms. The van der Waals surface area contributed by atoms with Gasteiger partial charge in [0.15, 0.2) is 0 Å². The van der Waals surface area contributed by atoms with Crippen molar-refractivity contribution in [3.63, 3.8) is 0 Å². The first-order valence-corrected chi connectivity index (χ1v) is 7.43. The van der Waals surface area contributed by atoms with Gasteiger partial charge in [-0.25, -0.2) is 0 Å². The van der Waals surface area contributed by atoms with Crippen LogP contribution in [0.2, 0.25) is 0 Å². The number of hydrogen-bond donors (Lipinski definition) is 1. The minimum atomic E-state index is 0.496. The highest BCUT2D eigenvalue weighted by atomic mass is 16.5. The summed E-state index contributed by atoms with van der Waals surface area (Å²) in [6.07, 6.45) is 1.77. The molecule has 0 aliphatic carbocycles. The predicted molar refractivity (Wildman–Crippen MR) is 82.6 cm³/mol. The lowest BCUT2D eigenvalue weighted by Crippen LogP contribution is -2.08. The molecule has 0 unspecified atom stereocenters. The zero-order chi connectivity index (χ0) is 15.2. The largest absolute Gasteiger partial charge is 0.493 e. The first-order valence-electron chi connectivity index (χ1n) is 7.43. The molecule has 1 aromatic rings. The van der Waals surface area contributed by atoms with Crippen molar-refractivity contribution in [2.24, 2.45) is 5.73 Å². The molecule has 1 aromatic carbocycles. The van der Waals surface area contributed by atoms with E-state index in [1.165, 1.54) is 0 Å². The topological polar surface area (TPSA) is 62.9 Å². The summed E-state index contributed by atoms with van der Waals surface area (Å²) in [4.78, 5) is 0. The summed E-state index contributed by atoms with van der Waals surface area (Å²) in [6.45, 7) is 4.55. The third-order valence-corrected chi connectivity index (χ3v) is 2.89. The van der Waals surface area contributed by atoms with Crippen LogP contribution in [-0.4, -0.2) is 46.8 Å². The van der Waals surface area contributed by atoms with Crippen LogP contribution in [0.15, 0.2) is 24.3 Å². The molecule has 0 aromatic heterocycles. The Balaban J connectivity index is 1.93. The van der Waals surface area contributed by atoms with Crippen LogP contribution >= 0.6 is 0 Å². The van der Waals surface area contributed by atoms with Crippen LogP contribution in [0.3, 0.4) is 0 Å². The summed E-state index contributed by atoms with van der Waals surface area (Å²) in [5.41, 5.74) is 6.69. The van der Waals surface area contributed by atoms with E-state index in [1.54, 1.807) is 7.11 Å². The van der Waals surface area contributed by atoms with Crippen LogP contribution in [-0.2, 0) is 20.8 Å². The maximum atomic E-state index is 5.70. The fourth-order valence-electron chi connectivity index (χ4n) is 1.77. The summed E-state index contributed by atoms with van der Waals surface area (Å²) in [5, 5.41) is 0. The minimum Gasteiger partial charge on any atom is -0.493 e. The fraction of sp³-hybridized carbons (Fsp3) is 0.625. The third kappa shape index (κ3) is 8.67. The predicted octanol–water partition coefficient (Wildman–Crippen LogP) is 1.98. The van der Waals surface area contributed by atoms with E-state index >= 15 is 0 Å². The molecule has 0 fully saturated rings. The van der Waals surface area contributed by atoms with Gasteiger partial charge in [-0.2, -0.15) is 0 Å². The Labute approximate surface area is 127 Å². The Morgan fingerprint density at radius 2 is 1.52 bits per heavy atom. The molecule has 0 aliphatic heterocycles. The molecule has 5 nitrogen and oxygen atoms in total. The van der Waals surface area contributed by atoms with Crippen molar-refractivity contribution in [1.82, 2.24) is 0 Å². The number of ether oxygens (including phenoxy) is 4. The van der Waals surface area contributed by atoms with Crippen molar-refractivity contribution in [3.8, 4) is 5.75 Å². The van der Waals surface area contributed by atoms with Crippen LogP contribution in [0.5, 0.6) is 5.75 Å². The number of para-hydroxylation sites is 1. The summed E-state index contributed by atoms with van der Waals surface area (Å²) >= 11 is 0. The molecule has 0 heterocycles. The first kappa shape index (κ1) is 17.9. The summed E-state index contributed by atoms with van der Waals surface area (Å²) in [5.74, 6) is 0.867. The molecule has 0 spiro atoms.